The maximum atomic E-state index is 12.4. The first-order valence-corrected chi connectivity index (χ1v) is 7.56. The fourth-order valence-electron chi connectivity index (χ4n) is 2.65. The van der Waals surface area contributed by atoms with E-state index in [0.717, 1.165) is 23.3 Å². The van der Waals surface area contributed by atoms with Crippen molar-refractivity contribution in [3.8, 4) is 0 Å². The summed E-state index contributed by atoms with van der Waals surface area (Å²) in [7, 11) is 2.00. The van der Waals surface area contributed by atoms with Crippen LogP contribution in [0.15, 0.2) is 24.4 Å². The number of imidazole rings is 1. The molecule has 3 rings (SSSR count). The molecule has 2 aromatic heterocycles. The van der Waals surface area contributed by atoms with Crippen LogP contribution >= 0.6 is 0 Å². The maximum Gasteiger partial charge on any atom is 0.259 e. The highest BCUT2D eigenvalue weighted by atomic mass is 16.1. The lowest BCUT2D eigenvalue weighted by Crippen LogP contribution is -2.15. The van der Waals surface area contributed by atoms with Gasteiger partial charge in [0.15, 0.2) is 0 Å². The molecule has 3 aromatic rings. The molecule has 6 nitrogen and oxygen atoms in total. The molecule has 1 amide bonds. The van der Waals surface area contributed by atoms with Crippen molar-refractivity contribution in [2.75, 3.05) is 5.32 Å². The van der Waals surface area contributed by atoms with Gasteiger partial charge in [0.05, 0.1) is 22.3 Å². The minimum atomic E-state index is -0.214. The standard InChI is InChI=1S/C17H19N5O/c1-5-16-21-14-8-12(6-7-15(14)22(16)4)20-17(23)13-9-18-11(3)19-10(13)2/h6-9H,5H2,1-4H3,(H,20,23). The van der Waals surface area contributed by atoms with E-state index in [-0.39, 0.29) is 5.91 Å². The Kier molecular flexibility index (Phi) is 3.82. The Bertz CT molecular complexity index is 897. The van der Waals surface area contributed by atoms with Crippen molar-refractivity contribution in [1.29, 1.82) is 0 Å². The smallest absolute Gasteiger partial charge is 0.259 e. The number of fused-ring (bicyclic) bond motifs is 1. The molecule has 0 spiro atoms. The quantitative estimate of drug-likeness (QED) is 0.807. The molecule has 0 unspecified atom stereocenters. The number of hydrogen-bond acceptors (Lipinski definition) is 4. The molecule has 0 aliphatic carbocycles. The van der Waals surface area contributed by atoms with E-state index in [1.165, 1.54) is 0 Å². The number of nitrogens with one attached hydrogen (secondary N) is 1. The largest absolute Gasteiger partial charge is 0.331 e. The van der Waals surface area contributed by atoms with Gasteiger partial charge >= 0.3 is 0 Å². The number of aromatic nitrogens is 4. The molecule has 0 bridgehead atoms. The van der Waals surface area contributed by atoms with Crippen molar-refractivity contribution in [1.82, 2.24) is 19.5 Å². The lowest BCUT2D eigenvalue weighted by atomic mass is 10.2. The van der Waals surface area contributed by atoms with Crippen LogP contribution in [-0.4, -0.2) is 25.4 Å². The number of benzene rings is 1. The van der Waals surface area contributed by atoms with Gasteiger partial charge in [-0.15, -0.1) is 0 Å². The monoisotopic (exact) mass is 309 g/mol. The number of rotatable bonds is 3. The van der Waals surface area contributed by atoms with E-state index in [1.54, 1.807) is 20.0 Å². The first kappa shape index (κ1) is 15.1. The molecule has 23 heavy (non-hydrogen) atoms. The van der Waals surface area contributed by atoms with Crippen LogP contribution in [0.5, 0.6) is 0 Å². The number of anilines is 1. The molecule has 0 aliphatic heterocycles. The Labute approximate surface area is 134 Å². The SMILES string of the molecule is CCc1nc2cc(NC(=O)c3cnc(C)nc3C)ccc2n1C. The summed E-state index contributed by atoms with van der Waals surface area (Å²) in [5.74, 6) is 1.46. The Hall–Kier alpha value is -2.76. The summed E-state index contributed by atoms with van der Waals surface area (Å²) < 4.78 is 2.07. The summed E-state index contributed by atoms with van der Waals surface area (Å²) >= 11 is 0. The Balaban J connectivity index is 1.90. The summed E-state index contributed by atoms with van der Waals surface area (Å²) in [4.78, 5) is 25.3. The van der Waals surface area contributed by atoms with Crippen molar-refractivity contribution in [3.05, 3.63) is 47.3 Å². The van der Waals surface area contributed by atoms with Gasteiger partial charge in [0.2, 0.25) is 0 Å². The zero-order valence-corrected chi connectivity index (χ0v) is 13.7. The highest BCUT2D eigenvalue weighted by Gasteiger charge is 2.12. The van der Waals surface area contributed by atoms with E-state index in [2.05, 4.69) is 31.8 Å². The first-order chi connectivity index (χ1) is 11.0. The Morgan fingerprint density at radius 3 is 2.74 bits per heavy atom. The normalized spacial score (nSPS) is 11.0. The fourth-order valence-corrected chi connectivity index (χ4v) is 2.65. The van der Waals surface area contributed by atoms with Crippen LogP contribution in [0.4, 0.5) is 5.69 Å². The van der Waals surface area contributed by atoms with Crippen molar-refractivity contribution < 1.29 is 4.79 Å². The van der Waals surface area contributed by atoms with Crippen molar-refractivity contribution in [2.24, 2.45) is 7.05 Å². The van der Waals surface area contributed by atoms with Crippen LogP contribution in [0.3, 0.4) is 0 Å². The van der Waals surface area contributed by atoms with Gasteiger partial charge in [-0.1, -0.05) is 6.92 Å². The molecule has 6 heteroatoms. The van der Waals surface area contributed by atoms with Crippen LogP contribution in [-0.2, 0) is 13.5 Å². The minimum absolute atomic E-state index is 0.214. The van der Waals surface area contributed by atoms with Gasteiger partial charge in [-0.05, 0) is 32.0 Å². The van der Waals surface area contributed by atoms with Crippen LogP contribution < -0.4 is 5.32 Å². The van der Waals surface area contributed by atoms with Gasteiger partial charge in [-0.2, -0.15) is 0 Å². The second-order valence-corrected chi connectivity index (χ2v) is 5.51. The number of amides is 1. The van der Waals surface area contributed by atoms with Crippen LogP contribution in [0, 0.1) is 13.8 Å². The number of aryl methyl sites for hydroxylation is 4. The first-order valence-electron chi connectivity index (χ1n) is 7.56. The lowest BCUT2D eigenvalue weighted by Gasteiger charge is -2.07. The second-order valence-electron chi connectivity index (χ2n) is 5.51. The van der Waals surface area contributed by atoms with Gasteiger partial charge in [0.1, 0.15) is 11.6 Å². The lowest BCUT2D eigenvalue weighted by molar-refractivity contribution is 0.102. The van der Waals surface area contributed by atoms with Gasteiger partial charge in [0, 0.05) is 25.4 Å². The average Bonchev–Trinajstić information content (AvgIpc) is 2.83. The highest BCUT2D eigenvalue weighted by Crippen LogP contribution is 2.20. The molecule has 118 valence electrons. The predicted octanol–water partition coefficient (Wildman–Crippen LogP) is 2.79. The van der Waals surface area contributed by atoms with Gasteiger partial charge in [0.25, 0.3) is 5.91 Å². The van der Waals surface area contributed by atoms with Crippen LogP contribution in [0.2, 0.25) is 0 Å². The molecule has 1 N–H and O–H groups in total. The van der Waals surface area contributed by atoms with Crippen LogP contribution in [0.25, 0.3) is 11.0 Å². The molecule has 0 fully saturated rings. The van der Waals surface area contributed by atoms with E-state index < -0.39 is 0 Å². The van der Waals surface area contributed by atoms with E-state index in [9.17, 15) is 4.79 Å². The third kappa shape index (κ3) is 2.79. The number of carbonyl (C=O) groups excluding carboxylic acids is 1. The minimum Gasteiger partial charge on any atom is -0.331 e. The number of carbonyl (C=O) groups is 1. The van der Waals surface area contributed by atoms with E-state index >= 15 is 0 Å². The van der Waals surface area contributed by atoms with Crippen molar-refractivity contribution in [3.63, 3.8) is 0 Å². The zero-order chi connectivity index (χ0) is 16.6. The predicted molar refractivity (Wildman–Crippen MR) is 89.6 cm³/mol. The molecule has 0 radical (unpaired) electrons. The number of nitrogens with zero attached hydrogens (tertiary/aromatic N) is 4. The maximum absolute atomic E-state index is 12.4. The molecule has 0 saturated heterocycles. The van der Waals surface area contributed by atoms with Crippen LogP contribution in [0.1, 0.15) is 34.6 Å². The summed E-state index contributed by atoms with van der Waals surface area (Å²) in [6, 6.07) is 5.73. The zero-order valence-electron chi connectivity index (χ0n) is 13.7. The molecule has 0 aliphatic rings. The Morgan fingerprint density at radius 2 is 2.04 bits per heavy atom. The third-order valence-corrected chi connectivity index (χ3v) is 3.89. The van der Waals surface area contributed by atoms with Gasteiger partial charge in [-0.25, -0.2) is 15.0 Å². The summed E-state index contributed by atoms with van der Waals surface area (Å²) in [6.07, 6.45) is 2.42. The van der Waals surface area contributed by atoms with E-state index in [4.69, 9.17) is 0 Å². The van der Waals surface area contributed by atoms with Crippen molar-refractivity contribution in [2.45, 2.75) is 27.2 Å². The third-order valence-electron chi connectivity index (χ3n) is 3.89. The van der Waals surface area contributed by atoms with Gasteiger partial charge < -0.3 is 9.88 Å². The summed E-state index contributed by atoms with van der Waals surface area (Å²) in [5, 5.41) is 2.89. The van der Waals surface area contributed by atoms with E-state index in [0.29, 0.717) is 22.8 Å². The molecule has 1 aromatic carbocycles. The molecular weight excluding hydrogens is 290 g/mol. The average molecular weight is 309 g/mol. The molecule has 2 heterocycles. The second kappa shape index (κ2) is 5.79. The topological polar surface area (TPSA) is 72.7 Å². The van der Waals surface area contributed by atoms with Gasteiger partial charge in [-0.3, -0.25) is 4.79 Å². The van der Waals surface area contributed by atoms with E-state index in [1.807, 2.05) is 25.2 Å². The van der Waals surface area contributed by atoms with Crippen molar-refractivity contribution >= 4 is 22.6 Å². The molecule has 0 saturated carbocycles. The molecule has 0 atom stereocenters. The fraction of sp³-hybridized carbons (Fsp3) is 0.294. The summed E-state index contributed by atoms with van der Waals surface area (Å²) in [5.41, 5.74) is 3.78. The highest BCUT2D eigenvalue weighted by molar-refractivity contribution is 6.05. The Morgan fingerprint density at radius 1 is 1.26 bits per heavy atom. The molecular formula is C17H19N5O. The summed E-state index contributed by atoms with van der Waals surface area (Å²) in [6.45, 7) is 5.68. The number of hydrogen-bond donors (Lipinski definition) is 1.